The maximum Gasteiger partial charge on any atom is 0.340 e. The molecule has 8 nitrogen and oxygen atoms in total. The van der Waals surface area contributed by atoms with Crippen LogP contribution in [0.3, 0.4) is 0 Å². The molecule has 0 aromatic carbocycles. The minimum atomic E-state index is -1.55. The lowest BCUT2D eigenvalue weighted by atomic mass is 9.82. The van der Waals surface area contributed by atoms with Gasteiger partial charge in [-0.1, -0.05) is 57.1 Å². The van der Waals surface area contributed by atoms with Gasteiger partial charge in [0.05, 0.1) is 26.2 Å². The largest absolute Gasteiger partial charge is 0.460 e. The average molecular weight is 623 g/mol. The predicted molar refractivity (Wildman–Crippen MR) is 171 cm³/mol. The van der Waals surface area contributed by atoms with E-state index in [1.807, 2.05) is 47.6 Å². The van der Waals surface area contributed by atoms with E-state index in [-0.39, 0.29) is 18.8 Å². The van der Waals surface area contributed by atoms with Crippen LogP contribution < -0.4 is 0 Å². The Morgan fingerprint density at radius 3 is 2.09 bits per heavy atom. The Bertz CT molecular complexity index is 931. The summed E-state index contributed by atoms with van der Waals surface area (Å²) in [6, 6.07) is 0. The summed E-state index contributed by atoms with van der Waals surface area (Å²) in [5.74, 6) is -2.18. The molecule has 3 aliphatic rings. The summed E-state index contributed by atoms with van der Waals surface area (Å²) >= 11 is 0. The van der Waals surface area contributed by atoms with Crippen molar-refractivity contribution in [3.63, 3.8) is 0 Å². The standard InChI is InChI=1S/C36H62O8/c1-32(2,3)42-30(37)26-36(31(38)43-33(4,5)6)29(27-41-34(7,8)44-36)20-16-11-9-10-12-17-22-35(39-24-25-40-35)23-21-28-18-14-13-15-19-28/h16,20,28-29H,9-15,17-19,21-27H2,1-8H3/b20-16+/t29-,36+/m1/s1. The highest BCUT2D eigenvalue weighted by Gasteiger charge is 2.57. The van der Waals surface area contributed by atoms with E-state index in [1.165, 1.54) is 38.5 Å². The molecule has 2 atom stereocenters. The van der Waals surface area contributed by atoms with E-state index in [4.69, 9.17) is 28.4 Å². The number of hydrogen-bond donors (Lipinski definition) is 0. The van der Waals surface area contributed by atoms with Crippen molar-refractivity contribution in [1.29, 1.82) is 0 Å². The number of unbranched alkanes of at least 4 members (excludes halogenated alkanes) is 4. The van der Waals surface area contributed by atoms with Crippen LogP contribution in [0.2, 0.25) is 0 Å². The van der Waals surface area contributed by atoms with E-state index in [0.29, 0.717) is 13.2 Å². The van der Waals surface area contributed by atoms with Crippen LogP contribution in [0.4, 0.5) is 0 Å². The van der Waals surface area contributed by atoms with E-state index >= 15 is 0 Å². The molecule has 0 aromatic heterocycles. The molecule has 1 aliphatic carbocycles. The van der Waals surface area contributed by atoms with Gasteiger partial charge in [-0.2, -0.15) is 0 Å². The minimum absolute atomic E-state index is 0.231. The monoisotopic (exact) mass is 622 g/mol. The second-order valence-corrected chi connectivity index (χ2v) is 15.6. The van der Waals surface area contributed by atoms with Crippen molar-refractivity contribution >= 4 is 11.9 Å². The van der Waals surface area contributed by atoms with Crippen molar-refractivity contribution < 1.29 is 38.0 Å². The number of hydrogen-bond acceptors (Lipinski definition) is 8. The van der Waals surface area contributed by atoms with Crippen molar-refractivity contribution in [2.45, 2.75) is 174 Å². The molecule has 3 rings (SSSR count). The van der Waals surface area contributed by atoms with E-state index in [9.17, 15) is 9.59 Å². The van der Waals surface area contributed by atoms with Crippen molar-refractivity contribution in [2.75, 3.05) is 19.8 Å². The third-order valence-corrected chi connectivity index (χ3v) is 8.73. The molecule has 0 bridgehead atoms. The average Bonchev–Trinajstić information content (AvgIpc) is 3.37. The summed E-state index contributed by atoms with van der Waals surface area (Å²) in [5, 5.41) is 0. The molecule has 3 fully saturated rings. The second-order valence-electron chi connectivity index (χ2n) is 15.6. The molecule has 0 spiro atoms. The number of carbonyl (C=O) groups excluding carboxylic acids is 2. The highest BCUT2D eigenvalue weighted by Crippen LogP contribution is 2.41. The normalized spacial score (nSPS) is 26.1. The first-order valence-electron chi connectivity index (χ1n) is 17.3. The van der Waals surface area contributed by atoms with E-state index < -0.39 is 40.4 Å². The van der Waals surface area contributed by atoms with Crippen molar-refractivity contribution in [2.24, 2.45) is 11.8 Å². The first kappa shape index (κ1) is 37.0. The zero-order chi connectivity index (χ0) is 32.5. The van der Waals surface area contributed by atoms with E-state index in [0.717, 1.165) is 50.9 Å². The van der Waals surface area contributed by atoms with Crippen LogP contribution in [0.1, 0.15) is 145 Å². The van der Waals surface area contributed by atoms with Crippen molar-refractivity contribution in [3.05, 3.63) is 12.2 Å². The summed E-state index contributed by atoms with van der Waals surface area (Å²) in [7, 11) is 0. The summed E-state index contributed by atoms with van der Waals surface area (Å²) in [5.41, 5.74) is -2.99. The maximum atomic E-state index is 13.7. The number of allylic oxidation sites excluding steroid dienone is 1. The Balaban J connectivity index is 1.55. The molecular formula is C36H62O8. The summed E-state index contributed by atoms with van der Waals surface area (Å²) in [6.45, 7) is 16.0. The van der Waals surface area contributed by atoms with Gasteiger partial charge in [0.2, 0.25) is 0 Å². The Labute approximate surface area is 267 Å². The Morgan fingerprint density at radius 1 is 0.818 bits per heavy atom. The van der Waals surface area contributed by atoms with Gasteiger partial charge in [-0.15, -0.1) is 0 Å². The smallest absolute Gasteiger partial charge is 0.340 e. The van der Waals surface area contributed by atoms with Gasteiger partial charge >= 0.3 is 11.9 Å². The number of carbonyl (C=O) groups is 2. The molecule has 1 saturated carbocycles. The van der Waals surface area contributed by atoms with Gasteiger partial charge in [-0.25, -0.2) is 4.79 Å². The molecule has 0 aromatic rings. The van der Waals surface area contributed by atoms with Gasteiger partial charge in [-0.3, -0.25) is 4.79 Å². The molecule has 2 heterocycles. The molecule has 0 amide bonds. The second kappa shape index (κ2) is 15.9. The van der Waals surface area contributed by atoms with Crippen LogP contribution in [0.25, 0.3) is 0 Å². The highest BCUT2D eigenvalue weighted by atomic mass is 16.7. The number of esters is 2. The topological polar surface area (TPSA) is 89.5 Å². The van der Waals surface area contributed by atoms with Crippen LogP contribution in [-0.2, 0) is 38.0 Å². The number of rotatable bonds is 14. The van der Waals surface area contributed by atoms with Gasteiger partial charge in [0.15, 0.2) is 17.2 Å². The van der Waals surface area contributed by atoms with Crippen LogP contribution in [-0.4, -0.2) is 60.1 Å². The van der Waals surface area contributed by atoms with E-state index in [1.54, 1.807) is 13.8 Å². The minimum Gasteiger partial charge on any atom is -0.460 e. The molecule has 2 saturated heterocycles. The Kier molecular flexibility index (Phi) is 13.3. The molecule has 0 unspecified atom stereocenters. The van der Waals surface area contributed by atoms with Crippen LogP contribution in [0, 0.1) is 11.8 Å². The fourth-order valence-corrected chi connectivity index (χ4v) is 6.65. The summed E-state index contributed by atoms with van der Waals surface area (Å²) in [4.78, 5) is 26.8. The molecule has 2 aliphatic heterocycles. The zero-order valence-corrected chi connectivity index (χ0v) is 29.1. The lowest BCUT2D eigenvalue weighted by Gasteiger charge is -2.47. The molecule has 0 radical (unpaired) electrons. The highest BCUT2D eigenvalue weighted by molar-refractivity contribution is 5.87. The Hall–Kier alpha value is -1.48. The van der Waals surface area contributed by atoms with E-state index in [2.05, 4.69) is 6.08 Å². The first-order chi connectivity index (χ1) is 20.5. The fraction of sp³-hybridized carbons (Fsp3) is 0.889. The third-order valence-electron chi connectivity index (χ3n) is 8.73. The lowest BCUT2D eigenvalue weighted by Crippen LogP contribution is -2.61. The van der Waals surface area contributed by atoms with Gasteiger partial charge < -0.3 is 28.4 Å². The lowest BCUT2D eigenvalue weighted by molar-refractivity contribution is -0.323. The quantitative estimate of drug-likeness (QED) is 0.109. The maximum absolute atomic E-state index is 13.7. The Morgan fingerprint density at radius 2 is 1.45 bits per heavy atom. The van der Waals surface area contributed by atoms with Crippen LogP contribution in [0.5, 0.6) is 0 Å². The molecule has 8 heteroatoms. The van der Waals surface area contributed by atoms with Gasteiger partial charge in [0, 0.05) is 18.8 Å². The fourth-order valence-electron chi connectivity index (χ4n) is 6.65. The first-order valence-corrected chi connectivity index (χ1v) is 17.3. The van der Waals surface area contributed by atoms with Crippen molar-refractivity contribution in [3.8, 4) is 0 Å². The SMILES string of the molecule is CC(C)(C)OC(=O)C[C@]1(C(=O)OC(C)(C)C)OC(C)(C)OC[C@H]1/C=C/CCCCCCC1(CCC2CCCCC2)OCCO1. The third kappa shape index (κ3) is 12.0. The summed E-state index contributed by atoms with van der Waals surface area (Å²) in [6.07, 6.45) is 19.0. The molecule has 0 N–H and O–H groups in total. The zero-order valence-electron chi connectivity index (χ0n) is 29.1. The molecule has 44 heavy (non-hydrogen) atoms. The molecular weight excluding hydrogens is 560 g/mol. The van der Waals surface area contributed by atoms with Gasteiger partial charge in [-0.05, 0) is 87.0 Å². The van der Waals surface area contributed by atoms with Crippen LogP contribution in [0.15, 0.2) is 12.2 Å². The van der Waals surface area contributed by atoms with Gasteiger partial charge in [0.25, 0.3) is 0 Å². The molecule has 254 valence electrons. The van der Waals surface area contributed by atoms with Crippen molar-refractivity contribution in [1.82, 2.24) is 0 Å². The van der Waals surface area contributed by atoms with Gasteiger partial charge in [0.1, 0.15) is 11.2 Å². The predicted octanol–water partition coefficient (Wildman–Crippen LogP) is 8.20. The number of ether oxygens (including phenoxy) is 6. The van der Waals surface area contributed by atoms with Crippen LogP contribution >= 0.6 is 0 Å². The summed E-state index contributed by atoms with van der Waals surface area (Å²) < 4.78 is 36.0.